The maximum atomic E-state index is 13.2. The molecular formula is C14H14FNO2S. The first-order chi connectivity index (χ1) is 8.88. The predicted molar refractivity (Wildman–Crippen MR) is 73.1 cm³/mol. The molecule has 0 atom stereocenters. The summed E-state index contributed by atoms with van der Waals surface area (Å²) < 4.78 is 39.9. The normalized spacial score (nSPS) is 11.3. The van der Waals surface area contributed by atoms with Crippen LogP contribution in [0.1, 0.15) is 11.1 Å². The molecule has 1 N–H and O–H groups in total. The summed E-state index contributed by atoms with van der Waals surface area (Å²) in [5.74, 6) is -0.422. The molecular weight excluding hydrogens is 265 g/mol. The van der Waals surface area contributed by atoms with Gasteiger partial charge in [-0.25, -0.2) is 12.8 Å². The highest BCUT2D eigenvalue weighted by molar-refractivity contribution is 7.92. The molecule has 0 radical (unpaired) electrons. The zero-order valence-corrected chi connectivity index (χ0v) is 11.5. The van der Waals surface area contributed by atoms with Gasteiger partial charge in [-0.2, -0.15) is 0 Å². The van der Waals surface area contributed by atoms with Crippen LogP contribution in [0.4, 0.5) is 10.1 Å². The van der Waals surface area contributed by atoms with Crippen molar-refractivity contribution in [3.63, 3.8) is 0 Å². The maximum absolute atomic E-state index is 13.2. The zero-order valence-electron chi connectivity index (χ0n) is 10.6. The third kappa shape index (κ3) is 3.12. The monoisotopic (exact) mass is 279 g/mol. The smallest absolute Gasteiger partial charge is 0.261 e. The van der Waals surface area contributed by atoms with Crippen LogP contribution in [0.2, 0.25) is 0 Å². The van der Waals surface area contributed by atoms with E-state index >= 15 is 0 Å². The average Bonchev–Trinajstić information content (AvgIpc) is 2.32. The minimum Gasteiger partial charge on any atom is -0.280 e. The van der Waals surface area contributed by atoms with Crippen LogP contribution in [0.5, 0.6) is 0 Å². The minimum atomic E-state index is -3.69. The fourth-order valence-electron chi connectivity index (χ4n) is 1.71. The number of rotatable bonds is 3. The van der Waals surface area contributed by atoms with Gasteiger partial charge in [0.05, 0.1) is 4.90 Å². The molecule has 0 spiro atoms. The topological polar surface area (TPSA) is 46.2 Å². The second-order valence-corrected chi connectivity index (χ2v) is 6.07. The van der Waals surface area contributed by atoms with Crippen LogP contribution in [0.3, 0.4) is 0 Å². The van der Waals surface area contributed by atoms with Crippen molar-refractivity contribution in [3.8, 4) is 0 Å². The maximum Gasteiger partial charge on any atom is 0.261 e. The van der Waals surface area contributed by atoms with Crippen molar-refractivity contribution in [2.75, 3.05) is 4.72 Å². The van der Waals surface area contributed by atoms with Crippen molar-refractivity contribution in [2.24, 2.45) is 0 Å². The molecule has 2 aromatic rings. The molecule has 0 saturated heterocycles. The molecule has 0 bridgehead atoms. The summed E-state index contributed by atoms with van der Waals surface area (Å²) in [5, 5.41) is 0. The first-order valence-electron chi connectivity index (χ1n) is 5.74. The van der Waals surface area contributed by atoms with E-state index in [4.69, 9.17) is 0 Å². The summed E-state index contributed by atoms with van der Waals surface area (Å²) >= 11 is 0. The molecule has 0 heterocycles. The molecule has 0 aliphatic heterocycles. The van der Waals surface area contributed by atoms with E-state index in [-0.39, 0.29) is 4.90 Å². The Morgan fingerprint density at radius 1 is 1.05 bits per heavy atom. The molecule has 0 fully saturated rings. The summed E-state index contributed by atoms with van der Waals surface area (Å²) in [6, 6.07) is 10.8. The Bertz CT molecular complexity index is 711. The molecule has 0 amide bonds. The van der Waals surface area contributed by atoms with Crippen LogP contribution in [0.25, 0.3) is 0 Å². The van der Waals surface area contributed by atoms with Gasteiger partial charge in [0.2, 0.25) is 0 Å². The summed E-state index contributed by atoms with van der Waals surface area (Å²) in [5.41, 5.74) is 1.74. The highest BCUT2D eigenvalue weighted by atomic mass is 32.2. The Morgan fingerprint density at radius 3 is 2.42 bits per heavy atom. The first kappa shape index (κ1) is 13.5. The summed E-state index contributed by atoms with van der Waals surface area (Å²) in [7, 11) is -3.69. The third-order valence-electron chi connectivity index (χ3n) is 2.71. The highest BCUT2D eigenvalue weighted by Gasteiger charge is 2.15. The quantitative estimate of drug-likeness (QED) is 0.937. The number of halogens is 1. The van der Waals surface area contributed by atoms with Crippen LogP contribution in [-0.2, 0) is 10.0 Å². The molecule has 0 saturated carbocycles. The van der Waals surface area contributed by atoms with Gasteiger partial charge in [0.15, 0.2) is 0 Å². The van der Waals surface area contributed by atoms with Crippen molar-refractivity contribution < 1.29 is 12.8 Å². The SMILES string of the molecule is Cc1cccc(NS(=O)(=O)c2ccc(F)c(C)c2)c1. The largest absolute Gasteiger partial charge is 0.280 e. The Balaban J connectivity index is 2.35. The van der Waals surface area contributed by atoms with Gasteiger partial charge in [0.25, 0.3) is 10.0 Å². The molecule has 3 nitrogen and oxygen atoms in total. The van der Waals surface area contributed by atoms with E-state index in [1.54, 1.807) is 18.2 Å². The fraction of sp³-hybridized carbons (Fsp3) is 0.143. The Morgan fingerprint density at radius 2 is 1.79 bits per heavy atom. The second-order valence-electron chi connectivity index (χ2n) is 4.39. The van der Waals surface area contributed by atoms with Gasteiger partial charge >= 0.3 is 0 Å². The number of nitrogens with one attached hydrogen (secondary N) is 1. The molecule has 2 aromatic carbocycles. The molecule has 0 aliphatic carbocycles. The third-order valence-corrected chi connectivity index (χ3v) is 4.09. The summed E-state index contributed by atoms with van der Waals surface area (Å²) in [4.78, 5) is 0.0490. The van der Waals surface area contributed by atoms with Gasteiger partial charge in [-0.05, 0) is 55.3 Å². The summed E-state index contributed by atoms with van der Waals surface area (Å²) in [6.07, 6.45) is 0. The zero-order chi connectivity index (χ0) is 14.0. The molecule has 0 aliphatic rings. The average molecular weight is 279 g/mol. The van der Waals surface area contributed by atoms with E-state index in [2.05, 4.69) is 4.72 Å². The van der Waals surface area contributed by atoms with E-state index in [1.165, 1.54) is 19.1 Å². The molecule has 5 heteroatoms. The summed E-state index contributed by atoms with van der Waals surface area (Å²) in [6.45, 7) is 3.40. The number of sulfonamides is 1. The number of benzene rings is 2. The van der Waals surface area contributed by atoms with Gasteiger partial charge in [-0.15, -0.1) is 0 Å². The van der Waals surface area contributed by atoms with Gasteiger partial charge in [0.1, 0.15) is 5.82 Å². The Hall–Kier alpha value is -1.88. The van der Waals surface area contributed by atoms with Crippen LogP contribution < -0.4 is 4.72 Å². The van der Waals surface area contributed by atoms with Crippen molar-refractivity contribution in [1.82, 2.24) is 0 Å². The number of aryl methyl sites for hydroxylation is 2. The molecule has 0 unspecified atom stereocenters. The van der Waals surface area contributed by atoms with Crippen molar-refractivity contribution in [1.29, 1.82) is 0 Å². The molecule has 2 rings (SSSR count). The van der Waals surface area contributed by atoms with E-state index in [0.29, 0.717) is 11.3 Å². The number of hydrogen-bond donors (Lipinski definition) is 1. The van der Waals surface area contributed by atoms with E-state index < -0.39 is 15.8 Å². The predicted octanol–water partition coefficient (Wildman–Crippen LogP) is 3.24. The molecule has 0 aromatic heterocycles. The van der Waals surface area contributed by atoms with E-state index in [0.717, 1.165) is 11.6 Å². The van der Waals surface area contributed by atoms with Crippen LogP contribution in [0.15, 0.2) is 47.4 Å². The highest BCUT2D eigenvalue weighted by Crippen LogP contribution is 2.19. The van der Waals surface area contributed by atoms with Gasteiger partial charge < -0.3 is 0 Å². The van der Waals surface area contributed by atoms with Gasteiger partial charge in [-0.3, -0.25) is 4.72 Å². The Labute approximate surface area is 112 Å². The Kier molecular flexibility index (Phi) is 3.57. The van der Waals surface area contributed by atoms with Gasteiger partial charge in [0, 0.05) is 5.69 Å². The van der Waals surface area contributed by atoms with Crippen LogP contribution >= 0.6 is 0 Å². The lowest BCUT2D eigenvalue weighted by Crippen LogP contribution is -2.13. The lowest BCUT2D eigenvalue weighted by Gasteiger charge is -2.09. The lowest BCUT2D eigenvalue weighted by atomic mass is 10.2. The van der Waals surface area contributed by atoms with Crippen LogP contribution in [-0.4, -0.2) is 8.42 Å². The van der Waals surface area contributed by atoms with Crippen LogP contribution in [0, 0.1) is 19.7 Å². The second kappa shape index (κ2) is 5.01. The van der Waals surface area contributed by atoms with Gasteiger partial charge in [-0.1, -0.05) is 12.1 Å². The van der Waals surface area contributed by atoms with Crippen molar-refractivity contribution in [2.45, 2.75) is 18.7 Å². The standard InChI is InChI=1S/C14H14FNO2S/c1-10-4-3-5-12(8-10)16-19(17,18)13-6-7-14(15)11(2)9-13/h3-9,16H,1-2H3. The first-order valence-corrected chi connectivity index (χ1v) is 7.22. The van der Waals surface area contributed by atoms with Crippen molar-refractivity contribution >= 4 is 15.7 Å². The number of hydrogen-bond acceptors (Lipinski definition) is 2. The van der Waals surface area contributed by atoms with Crippen molar-refractivity contribution in [3.05, 3.63) is 59.4 Å². The van der Waals surface area contributed by atoms with E-state index in [1.807, 2.05) is 13.0 Å². The minimum absolute atomic E-state index is 0.0490. The number of anilines is 1. The molecule has 100 valence electrons. The molecule has 19 heavy (non-hydrogen) atoms. The fourth-order valence-corrected chi connectivity index (χ4v) is 2.84. The van der Waals surface area contributed by atoms with E-state index in [9.17, 15) is 12.8 Å². The lowest BCUT2D eigenvalue weighted by molar-refractivity contribution is 0.598.